The van der Waals surface area contributed by atoms with E-state index in [0.717, 1.165) is 32.1 Å². The summed E-state index contributed by atoms with van der Waals surface area (Å²) in [6.45, 7) is 6.93. The van der Waals surface area contributed by atoms with E-state index in [1.807, 2.05) is 0 Å². The minimum Gasteiger partial charge on any atom is -0.481 e. The molecule has 0 amide bonds. The maximum atomic E-state index is 11.1. The first-order valence-corrected chi connectivity index (χ1v) is 11.8. The Labute approximate surface area is 170 Å². The van der Waals surface area contributed by atoms with E-state index in [2.05, 4.69) is 20.8 Å². The summed E-state index contributed by atoms with van der Waals surface area (Å²) >= 11 is 0. The van der Waals surface area contributed by atoms with Gasteiger partial charge in [0.2, 0.25) is 0 Å². The molecule has 0 saturated heterocycles. The van der Waals surface area contributed by atoms with E-state index >= 15 is 0 Å². The topological polar surface area (TPSA) is 77.8 Å². The molecule has 4 fully saturated rings. The molecule has 4 heteroatoms. The molecule has 4 saturated carbocycles. The van der Waals surface area contributed by atoms with Gasteiger partial charge in [-0.2, -0.15) is 0 Å². The van der Waals surface area contributed by atoms with Crippen LogP contribution >= 0.6 is 0 Å². The quantitative estimate of drug-likeness (QED) is 0.599. The van der Waals surface area contributed by atoms with Gasteiger partial charge in [-0.05, 0) is 98.7 Å². The van der Waals surface area contributed by atoms with Crippen LogP contribution in [0.4, 0.5) is 0 Å². The Morgan fingerprint density at radius 2 is 1.75 bits per heavy atom. The zero-order chi connectivity index (χ0) is 20.3. The number of carboxylic acids is 1. The van der Waals surface area contributed by atoms with Crippen LogP contribution in [0.15, 0.2) is 0 Å². The number of fused-ring (bicyclic) bond motifs is 5. The molecule has 4 aliphatic carbocycles. The Bertz CT molecular complexity index is 616. The van der Waals surface area contributed by atoms with E-state index in [1.54, 1.807) is 0 Å². The van der Waals surface area contributed by atoms with Crippen LogP contribution in [0, 0.1) is 46.3 Å². The van der Waals surface area contributed by atoms with Crippen LogP contribution in [0.3, 0.4) is 0 Å². The zero-order valence-corrected chi connectivity index (χ0v) is 18.0. The number of hydrogen-bond acceptors (Lipinski definition) is 3. The van der Waals surface area contributed by atoms with E-state index in [4.69, 9.17) is 5.11 Å². The van der Waals surface area contributed by atoms with Crippen LogP contribution in [0.1, 0.15) is 91.4 Å². The molecule has 3 N–H and O–H groups in total. The largest absolute Gasteiger partial charge is 0.481 e. The summed E-state index contributed by atoms with van der Waals surface area (Å²) in [5.41, 5.74) is -0.0625. The third kappa shape index (κ3) is 2.88. The van der Waals surface area contributed by atoms with Crippen molar-refractivity contribution in [1.82, 2.24) is 0 Å². The van der Waals surface area contributed by atoms with Gasteiger partial charge in [0.25, 0.3) is 0 Å². The van der Waals surface area contributed by atoms with Gasteiger partial charge in [0, 0.05) is 18.3 Å². The van der Waals surface area contributed by atoms with Crippen molar-refractivity contribution in [1.29, 1.82) is 0 Å². The molecule has 4 rings (SSSR count). The average Bonchev–Trinajstić information content (AvgIpc) is 2.98. The minimum atomic E-state index is -1.51. The van der Waals surface area contributed by atoms with Gasteiger partial charge in [-0.15, -0.1) is 0 Å². The van der Waals surface area contributed by atoms with Crippen LogP contribution < -0.4 is 0 Å². The smallest absolute Gasteiger partial charge is 0.303 e. The van der Waals surface area contributed by atoms with Crippen molar-refractivity contribution in [3.63, 3.8) is 0 Å². The standard InChI is InChI=1S/C24H40O4/c1-15(6-11-21(25)26)18-9-10-19-17-8-7-16-5-4-13-24(27,28)23(16,3)20(17)12-14-22(18,19)2/h15-20,27-28H,4-14H2,1-3H3,(H,25,26)/t15-,16+,17+,18-,19+,20+,22-,23+/m1/s1. The fraction of sp³-hybridized carbons (Fsp3) is 0.958. The Hall–Kier alpha value is -0.610. The van der Waals surface area contributed by atoms with Crippen molar-refractivity contribution in [3.8, 4) is 0 Å². The molecule has 0 aromatic carbocycles. The molecule has 28 heavy (non-hydrogen) atoms. The molecule has 0 spiro atoms. The summed E-state index contributed by atoms with van der Waals surface area (Å²) in [5, 5.41) is 31.2. The first-order valence-electron chi connectivity index (χ1n) is 11.8. The van der Waals surface area contributed by atoms with E-state index < -0.39 is 11.8 Å². The van der Waals surface area contributed by atoms with Gasteiger partial charge >= 0.3 is 5.97 Å². The van der Waals surface area contributed by atoms with Crippen molar-refractivity contribution in [3.05, 3.63) is 0 Å². The van der Waals surface area contributed by atoms with E-state index in [9.17, 15) is 15.0 Å². The lowest BCUT2D eigenvalue weighted by Crippen LogP contribution is -2.63. The lowest BCUT2D eigenvalue weighted by molar-refractivity contribution is -0.313. The fourth-order valence-electron chi connectivity index (χ4n) is 8.89. The molecule has 0 radical (unpaired) electrons. The second kappa shape index (κ2) is 6.97. The number of carbonyl (C=O) groups is 1. The highest BCUT2D eigenvalue weighted by Gasteiger charge is 2.65. The van der Waals surface area contributed by atoms with Gasteiger partial charge in [0.15, 0.2) is 5.79 Å². The van der Waals surface area contributed by atoms with E-state index in [-0.39, 0.29) is 11.8 Å². The average molecular weight is 393 g/mol. The molecule has 4 nitrogen and oxygen atoms in total. The lowest BCUT2D eigenvalue weighted by Gasteiger charge is -2.63. The molecular formula is C24H40O4. The van der Waals surface area contributed by atoms with Crippen LogP contribution in [0.2, 0.25) is 0 Å². The number of rotatable bonds is 4. The monoisotopic (exact) mass is 392 g/mol. The fourth-order valence-corrected chi connectivity index (χ4v) is 8.89. The second-order valence-corrected chi connectivity index (χ2v) is 11.3. The zero-order valence-electron chi connectivity index (χ0n) is 18.0. The Morgan fingerprint density at radius 1 is 1.00 bits per heavy atom. The molecule has 0 bridgehead atoms. The Morgan fingerprint density at radius 3 is 2.46 bits per heavy atom. The number of aliphatic carboxylic acids is 1. The van der Waals surface area contributed by atoms with E-state index in [0.29, 0.717) is 47.3 Å². The van der Waals surface area contributed by atoms with Crippen molar-refractivity contribution in [2.75, 3.05) is 0 Å². The first-order chi connectivity index (χ1) is 13.1. The summed E-state index contributed by atoms with van der Waals surface area (Å²) in [6, 6.07) is 0. The van der Waals surface area contributed by atoms with Crippen LogP contribution in [-0.4, -0.2) is 27.1 Å². The summed E-state index contributed by atoms with van der Waals surface area (Å²) in [6.07, 6.45) is 10.8. The molecule has 8 atom stereocenters. The third-order valence-electron chi connectivity index (χ3n) is 10.4. The van der Waals surface area contributed by atoms with Crippen LogP contribution in [-0.2, 0) is 4.79 Å². The Balaban J connectivity index is 1.57. The molecule has 0 aromatic heterocycles. The summed E-state index contributed by atoms with van der Waals surface area (Å²) in [4.78, 5) is 11.1. The molecule has 0 aromatic rings. The first kappa shape index (κ1) is 20.7. The second-order valence-electron chi connectivity index (χ2n) is 11.3. The summed E-state index contributed by atoms with van der Waals surface area (Å²) in [5.74, 6) is 1.02. The molecule has 0 aliphatic heterocycles. The highest BCUT2D eigenvalue weighted by Crippen LogP contribution is 2.69. The molecule has 0 heterocycles. The normalized spacial score (nSPS) is 48.2. The predicted octanol–water partition coefficient (Wildman–Crippen LogP) is 4.83. The lowest BCUT2D eigenvalue weighted by atomic mass is 9.43. The molecule has 0 unspecified atom stereocenters. The van der Waals surface area contributed by atoms with Crippen molar-refractivity contribution < 1.29 is 20.1 Å². The Kier molecular flexibility index (Phi) is 5.14. The predicted molar refractivity (Wildman–Crippen MR) is 108 cm³/mol. The van der Waals surface area contributed by atoms with Crippen molar-refractivity contribution >= 4 is 5.97 Å². The maximum absolute atomic E-state index is 11.1. The van der Waals surface area contributed by atoms with Crippen LogP contribution in [0.25, 0.3) is 0 Å². The highest BCUT2D eigenvalue weighted by atomic mass is 16.5. The highest BCUT2D eigenvalue weighted by molar-refractivity contribution is 5.66. The van der Waals surface area contributed by atoms with Crippen LogP contribution in [0.5, 0.6) is 0 Å². The van der Waals surface area contributed by atoms with Gasteiger partial charge in [0.05, 0.1) is 0 Å². The van der Waals surface area contributed by atoms with Crippen molar-refractivity contribution in [2.24, 2.45) is 46.3 Å². The molecule has 160 valence electrons. The SMILES string of the molecule is C[C@H](CCC(=O)O)[C@H]1CC[C@H]2[C@@H]3CC[C@@H]4CCCC(O)(O)[C@]4(C)[C@H]3CC[C@]12C. The number of carboxylic acid groups (broad SMARTS) is 1. The molecular weight excluding hydrogens is 352 g/mol. The van der Waals surface area contributed by atoms with Gasteiger partial charge in [-0.1, -0.05) is 20.8 Å². The molecule has 4 aliphatic rings. The van der Waals surface area contributed by atoms with Gasteiger partial charge in [-0.25, -0.2) is 0 Å². The minimum absolute atomic E-state index is 0.280. The summed E-state index contributed by atoms with van der Waals surface area (Å²) < 4.78 is 0. The number of aliphatic hydroxyl groups is 2. The summed E-state index contributed by atoms with van der Waals surface area (Å²) in [7, 11) is 0. The van der Waals surface area contributed by atoms with Crippen molar-refractivity contribution in [2.45, 2.75) is 97.2 Å². The van der Waals surface area contributed by atoms with E-state index in [1.165, 1.54) is 25.7 Å². The van der Waals surface area contributed by atoms with Gasteiger partial charge < -0.3 is 15.3 Å². The van der Waals surface area contributed by atoms with Gasteiger partial charge in [0.1, 0.15) is 0 Å². The number of hydrogen-bond donors (Lipinski definition) is 3. The third-order valence-corrected chi connectivity index (χ3v) is 10.4. The van der Waals surface area contributed by atoms with Gasteiger partial charge in [-0.3, -0.25) is 4.79 Å². The maximum Gasteiger partial charge on any atom is 0.303 e.